The van der Waals surface area contributed by atoms with Crippen LogP contribution in [0, 0.1) is 5.41 Å². The van der Waals surface area contributed by atoms with Crippen LogP contribution in [0.2, 0.25) is 0 Å². The number of ether oxygens (including phenoxy) is 2. The van der Waals surface area contributed by atoms with Gasteiger partial charge in [0.2, 0.25) is 0 Å². The highest BCUT2D eigenvalue weighted by Crippen LogP contribution is 2.21. The van der Waals surface area contributed by atoms with Gasteiger partial charge in [-0.1, -0.05) is 66.7 Å². The van der Waals surface area contributed by atoms with E-state index in [2.05, 4.69) is 44.6 Å². The third-order valence-electron chi connectivity index (χ3n) is 7.93. The van der Waals surface area contributed by atoms with E-state index in [1.165, 1.54) is 5.56 Å². The average Bonchev–Trinajstić information content (AvgIpc) is 3.46. The second-order valence-electron chi connectivity index (χ2n) is 11.2. The molecule has 1 atom stereocenters. The summed E-state index contributed by atoms with van der Waals surface area (Å²) < 4.78 is 11.1. The van der Waals surface area contributed by atoms with Crippen LogP contribution in [-0.4, -0.2) is 77.2 Å². The summed E-state index contributed by atoms with van der Waals surface area (Å²) >= 11 is 0. The molecule has 1 aromatic heterocycles. The van der Waals surface area contributed by atoms with Crippen molar-refractivity contribution in [3.63, 3.8) is 0 Å². The number of amidine groups is 1. The number of carbonyl (C=O) groups excluding carboxylic acids is 1. The molecule has 5 rings (SSSR count). The molecule has 45 heavy (non-hydrogen) atoms. The molecule has 0 aliphatic carbocycles. The van der Waals surface area contributed by atoms with Crippen molar-refractivity contribution >= 4 is 29.0 Å². The Morgan fingerprint density at radius 1 is 1.11 bits per heavy atom. The number of H-pyrrole nitrogens is 1. The van der Waals surface area contributed by atoms with Crippen LogP contribution in [0.1, 0.15) is 42.3 Å². The number of aryl methyl sites for hydroxylation is 2. The van der Waals surface area contributed by atoms with Crippen molar-refractivity contribution in [1.29, 1.82) is 5.41 Å². The van der Waals surface area contributed by atoms with Gasteiger partial charge in [0, 0.05) is 63.5 Å². The second-order valence-corrected chi connectivity index (χ2v) is 11.2. The van der Waals surface area contributed by atoms with Crippen LogP contribution in [-0.2, 0) is 17.6 Å². The fourth-order valence-electron chi connectivity index (χ4n) is 5.52. The Balaban J connectivity index is 1.20. The lowest BCUT2D eigenvalue weighted by Gasteiger charge is -2.40. The first-order chi connectivity index (χ1) is 22.0. The number of amides is 1. The predicted octanol–water partition coefficient (Wildman–Crippen LogP) is 5.15. The summed E-state index contributed by atoms with van der Waals surface area (Å²) in [6.45, 7) is 6.52. The summed E-state index contributed by atoms with van der Waals surface area (Å²) in [5.41, 5.74) is 13.4. The zero-order valence-electron chi connectivity index (χ0n) is 25.9. The molecule has 1 fully saturated rings. The van der Waals surface area contributed by atoms with Gasteiger partial charge >= 0.3 is 6.09 Å². The number of nitrogens with zero attached hydrogens (tertiary/aromatic N) is 3. The molecule has 1 saturated heterocycles. The molecule has 10 nitrogen and oxygen atoms in total. The van der Waals surface area contributed by atoms with Gasteiger partial charge in [-0.3, -0.25) is 15.7 Å². The third-order valence-corrected chi connectivity index (χ3v) is 7.93. The van der Waals surface area contributed by atoms with Crippen molar-refractivity contribution < 1.29 is 14.3 Å². The number of aromatic amines is 1. The topological polar surface area (TPSA) is 133 Å². The highest BCUT2D eigenvalue weighted by atomic mass is 16.6. The van der Waals surface area contributed by atoms with Gasteiger partial charge in [0.1, 0.15) is 17.4 Å². The van der Waals surface area contributed by atoms with Crippen LogP contribution in [0.25, 0.3) is 17.1 Å². The molecule has 1 aliphatic heterocycles. The number of hydrogen-bond acceptors (Lipinski definition) is 7. The fraction of sp³-hybridized carbons (Fsp3) is 0.343. The molecule has 0 radical (unpaired) electrons. The highest BCUT2D eigenvalue weighted by Gasteiger charge is 2.28. The number of hydrazine groups is 1. The number of piperazine rings is 1. The first kappa shape index (κ1) is 31.9. The van der Waals surface area contributed by atoms with E-state index in [9.17, 15) is 4.79 Å². The van der Waals surface area contributed by atoms with Gasteiger partial charge < -0.3 is 20.2 Å². The van der Waals surface area contributed by atoms with Crippen LogP contribution in [0.5, 0.6) is 5.75 Å². The largest absolute Gasteiger partial charge is 0.427 e. The van der Waals surface area contributed by atoms with E-state index in [4.69, 9.17) is 20.6 Å². The summed E-state index contributed by atoms with van der Waals surface area (Å²) in [6.07, 6.45) is 7.17. The molecule has 2 heterocycles. The number of nitrogens with two attached hydrogens (primary N) is 1. The van der Waals surface area contributed by atoms with Crippen molar-refractivity contribution in [2.75, 3.05) is 39.4 Å². The molecule has 1 unspecified atom stereocenters. The summed E-state index contributed by atoms with van der Waals surface area (Å²) in [5.74, 6) is 1.41. The number of fused-ring (bicyclic) bond motifs is 1. The van der Waals surface area contributed by atoms with E-state index in [-0.39, 0.29) is 11.9 Å². The molecule has 0 spiro atoms. The zero-order chi connectivity index (χ0) is 31.4. The van der Waals surface area contributed by atoms with E-state index in [0.29, 0.717) is 31.1 Å². The first-order valence-electron chi connectivity index (χ1n) is 15.7. The normalized spacial score (nSPS) is 15.9. The highest BCUT2D eigenvalue weighted by molar-refractivity contribution is 5.94. The van der Waals surface area contributed by atoms with E-state index in [1.807, 2.05) is 66.5 Å². The summed E-state index contributed by atoms with van der Waals surface area (Å²) in [4.78, 5) is 23.5. The van der Waals surface area contributed by atoms with E-state index < -0.39 is 6.09 Å². The Hall–Kier alpha value is -4.51. The molecule has 0 saturated carbocycles. The van der Waals surface area contributed by atoms with Crippen molar-refractivity contribution in [2.24, 2.45) is 5.73 Å². The number of imidazole rings is 1. The Morgan fingerprint density at radius 3 is 2.71 bits per heavy atom. The lowest BCUT2D eigenvalue weighted by atomic mass is 10.0. The van der Waals surface area contributed by atoms with Gasteiger partial charge in [0.05, 0.1) is 11.0 Å². The van der Waals surface area contributed by atoms with Gasteiger partial charge in [-0.25, -0.2) is 14.8 Å². The molecular weight excluding hydrogens is 566 g/mol. The summed E-state index contributed by atoms with van der Waals surface area (Å²) in [6, 6.07) is 23.6. The SMILES string of the molecule is CCOCCCc1nc2ccc(OC(=O)NN3CCN(CC=Cc4ccccc4)CC3CCc3ccc(C(=N)N)cc3)cc2[nH]1. The van der Waals surface area contributed by atoms with Gasteiger partial charge in [-0.05, 0) is 49.4 Å². The van der Waals surface area contributed by atoms with Crippen LogP contribution in [0.3, 0.4) is 0 Å². The number of nitrogen functional groups attached to an aromatic ring is 1. The van der Waals surface area contributed by atoms with Gasteiger partial charge in [0.25, 0.3) is 0 Å². The minimum absolute atomic E-state index is 0.0616. The lowest BCUT2D eigenvalue weighted by molar-refractivity contribution is 0.0375. The molecule has 5 N–H and O–H groups in total. The number of rotatable bonds is 14. The smallest absolute Gasteiger partial charge is 0.409 e. The molecule has 4 aromatic rings. The van der Waals surface area contributed by atoms with Crippen LogP contribution in [0.15, 0.2) is 78.9 Å². The monoisotopic (exact) mass is 609 g/mol. The third kappa shape index (κ3) is 9.49. The van der Waals surface area contributed by atoms with E-state index in [0.717, 1.165) is 67.7 Å². The Bertz CT molecular complexity index is 1570. The number of carbonyl (C=O) groups is 1. The van der Waals surface area contributed by atoms with E-state index >= 15 is 0 Å². The maximum Gasteiger partial charge on any atom is 0.427 e. The summed E-state index contributed by atoms with van der Waals surface area (Å²) in [5, 5.41) is 9.66. The van der Waals surface area contributed by atoms with Crippen molar-refractivity contribution in [2.45, 2.75) is 38.6 Å². The standard InChI is InChI=1S/C35H43N7O3/c1-2-44-23-7-11-33-38-31-19-18-30(24-32(31)39-33)45-35(43)40-42-22-21-41(20-6-10-26-8-4-3-5-9-26)25-29(42)17-14-27-12-15-28(16-13-27)34(36)37/h3-6,8-10,12-13,15-16,18-19,24,29H,2,7,11,14,17,20-23,25H2,1H3,(H3,36,37)(H,38,39)(H,40,43). The maximum absolute atomic E-state index is 13.1. The van der Waals surface area contributed by atoms with Gasteiger partial charge in [0.15, 0.2) is 0 Å². The Labute approximate surface area is 264 Å². The lowest BCUT2D eigenvalue weighted by Crippen LogP contribution is -2.59. The molecule has 1 amide bonds. The Kier molecular flexibility index (Phi) is 11.3. The van der Waals surface area contributed by atoms with Crippen LogP contribution in [0.4, 0.5) is 4.79 Å². The predicted molar refractivity (Wildman–Crippen MR) is 178 cm³/mol. The van der Waals surface area contributed by atoms with Crippen molar-refractivity contribution in [3.8, 4) is 5.75 Å². The number of aromatic nitrogens is 2. The minimum Gasteiger partial charge on any atom is -0.409 e. The van der Waals surface area contributed by atoms with Crippen LogP contribution < -0.4 is 15.9 Å². The first-order valence-corrected chi connectivity index (χ1v) is 15.7. The van der Waals surface area contributed by atoms with Crippen molar-refractivity contribution in [3.05, 3.63) is 101 Å². The quantitative estimate of drug-likeness (QED) is 0.0883. The van der Waals surface area contributed by atoms with Crippen LogP contribution >= 0.6 is 0 Å². The van der Waals surface area contributed by atoms with Gasteiger partial charge in [-0.15, -0.1) is 0 Å². The Morgan fingerprint density at radius 2 is 1.93 bits per heavy atom. The second kappa shape index (κ2) is 16.0. The van der Waals surface area contributed by atoms with Gasteiger partial charge in [-0.2, -0.15) is 0 Å². The summed E-state index contributed by atoms with van der Waals surface area (Å²) in [7, 11) is 0. The molecule has 236 valence electrons. The molecule has 0 bridgehead atoms. The molecule has 1 aliphatic rings. The maximum atomic E-state index is 13.1. The number of hydrogen-bond donors (Lipinski definition) is 4. The number of nitrogens with one attached hydrogen (secondary N) is 3. The molecular formula is C35H43N7O3. The number of benzene rings is 3. The average molecular weight is 610 g/mol. The van der Waals surface area contributed by atoms with E-state index in [1.54, 1.807) is 6.07 Å². The minimum atomic E-state index is -0.515. The fourth-order valence-corrected chi connectivity index (χ4v) is 5.52. The zero-order valence-corrected chi connectivity index (χ0v) is 25.9. The molecule has 3 aromatic carbocycles. The van der Waals surface area contributed by atoms with Crippen molar-refractivity contribution in [1.82, 2.24) is 25.3 Å². The molecule has 10 heteroatoms.